The van der Waals surface area contributed by atoms with Crippen molar-refractivity contribution in [1.82, 2.24) is 0 Å². The summed E-state index contributed by atoms with van der Waals surface area (Å²) in [7, 11) is 0. The Morgan fingerprint density at radius 3 is 2.11 bits per heavy atom. The second-order valence-corrected chi connectivity index (χ2v) is 6.47. The van der Waals surface area contributed by atoms with Crippen molar-refractivity contribution in [2.75, 3.05) is 18.5 Å². The zero-order chi connectivity index (χ0) is 21.3. The van der Waals surface area contributed by atoms with E-state index in [1.54, 1.807) is 20.8 Å². The van der Waals surface area contributed by atoms with Gasteiger partial charge in [0.15, 0.2) is 5.57 Å². The van der Waals surface area contributed by atoms with Crippen LogP contribution in [0.25, 0.3) is 5.57 Å². The molecule has 0 aliphatic rings. The third-order valence-corrected chi connectivity index (χ3v) is 4.89. The van der Waals surface area contributed by atoms with Gasteiger partial charge in [-0.05, 0) is 45.8 Å². The SMILES string of the molecule is C/C=C\C(=C/C)c1sc(NC=C(C(=O)OCC)C(=O)OCC)c(C(=O)O)c1C. The maximum absolute atomic E-state index is 12.0. The summed E-state index contributed by atoms with van der Waals surface area (Å²) < 4.78 is 9.75. The number of nitrogens with one attached hydrogen (secondary N) is 1. The second-order valence-electron chi connectivity index (χ2n) is 5.45. The van der Waals surface area contributed by atoms with E-state index in [4.69, 9.17) is 9.47 Å². The first-order valence-corrected chi connectivity index (χ1v) is 9.60. The summed E-state index contributed by atoms with van der Waals surface area (Å²) in [6.45, 7) is 8.86. The van der Waals surface area contributed by atoms with Crippen LogP contribution in [0.1, 0.15) is 48.5 Å². The molecule has 0 amide bonds. The largest absolute Gasteiger partial charge is 0.478 e. The van der Waals surface area contributed by atoms with Crippen molar-refractivity contribution in [3.63, 3.8) is 0 Å². The van der Waals surface area contributed by atoms with Crippen molar-refractivity contribution in [2.45, 2.75) is 34.6 Å². The first kappa shape index (κ1) is 23.2. The number of hydrogen-bond acceptors (Lipinski definition) is 7. The van der Waals surface area contributed by atoms with Crippen LogP contribution in [0.3, 0.4) is 0 Å². The molecule has 1 heterocycles. The molecule has 152 valence electrons. The van der Waals surface area contributed by atoms with E-state index < -0.39 is 17.9 Å². The van der Waals surface area contributed by atoms with Gasteiger partial charge in [0.1, 0.15) is 5.00 Å². The fourth-order valence-electron chi connectivity index (χ4n) is 2.39. The van der Waals surface area contributed by atoms with Crippen molar-refractivity contribution < 1.29 is 29.0 Å². The lowest BCUT2D eigenvalue weighted by molar-refractivity contribution is -0.146. The van der Waals surface area contributed by atoms with E-state index in [9.17, 15) is 19.5 Å². The van der Waals surface area contributed by atoms with Crippen LogP contribution >= 0.6 is 11.3 Å². The summed E-state index contributed by atoms with van der Waals surface area (Å²) in [6, 6.07) is 0. The normalized spacial score (nSPS) is 11.2. The lowest BCUT2D eigenvalue weighted by Gasteiger charge is -2.07. The van der Waals surface area contributed by atoms with Gasteiger partial charge in [-0.3, -0.25) is 0 Å². The number of thiophene rings is 1. The number of carbonyl (C=O) groups excluding carboxylic acids is 2. The van der Waals surface area contributed by atoms with Gasteiger partial charge >= 0.3 is 17.9 Å². The predicted molar refractivity (Wildman–Crippen MR) is 109 cm³/mol. The van der Waals surface area contributed by atoms with Crippen molar-refractivity contribution >= 4 is 39.8 Å². The number of carboxylic acids is 1. The van der Waals surface area contributed by atoms with Crippen molar-refractivity contribution in [3.8, 4) is 0 Å². The van der Waals surface area contributed by atoms with Crippen LogP contribution in [0.4, 0.5) is 5.00 Å². The molecule has 8 heteroatoms. The molecule has 0 radical (unpaired) electrons. The van der Waals surface area contributed by atoms with Gasteiger partial charge in [0.25, 0.3) is 0 Å². The van der Waals surface area contributed by atoms with Gasteiger partial charge in [0.05, 0.1) is 18.8 Å². The molecule has 0 aromatic carbocycles. The number of rotatable bonds is 9. The molecule has 0 saturated carbocycles. The summed E-state index contributed by atoms with van der Waals surface area (Å²) in [6.07, 6.45) is 6.75. The average Bonchev–Trinajstić information content (AvgIpc) is 2.96. The van der Waals surface area contributed by atoms with Crippen LogP contribution in [-0.2, 0) is 19.1 Å². The first-order chi connectivity index (χ1) is 13.3. The minimum Gasteiger partial charge on any atom is -0.478 e. The molecule has 0 aliphatic carbocycles. The van der Waals surface area contributed by atoms with E-state index in [0.717, 1.165) is 16.7 Å². The van der Waals surface area contributed by atoms with Crippen LogP contribution in [0, 0.1) is 6.92 Å². The van der Waals surface area contributed by atoms with Crippen LogP contribution in [0.5, 0.6) is 0 Å². The van der Waals surface area contributed by atoms with Gasteiger partial charge in [0.2, 0.25) is 0 Å². The van der Waals surface area contributed by atoms with Crippen LogP contribution in [0.15, 0.2) is 30.0 Å². The number of esters is 2. The topological polar surface area (TPSA) is 102 Å². The highest BCUT2D eigenvalue weighted by Crippen LogP contribution is 2.38. The second kappa shape index (κ2) is 11.1. The molecular weight excluding hydrogens is 382 g/mol. The molecule has 7 nitrogen and oxygen atoms in total. The van der Waals surface area contributed by atoms with Crippen LogP contribution in [0.2, 0.25) is 0 Å². The van der Waals surface area contributed by atoms with Gasteiger partial charge in [-0.1, -0.05) is 18.2 Å². The minimum absolute atomic E-state index is 0.0761. The van der Waals surface area contributed by atoms with E-state index in [1.807, 2.05) is 32.1 Å². The molecule has 1 aromatic heterocycles. The first-order valence-electron chi connectivity index (χ1n) is 8.79. The minimum atomic E-state index is -1.11. The third-order valence-electron chi connectivity index (χ3n) is 3.62. The van der Waals surface area contributed by atoms with Crippen molar-refractivity contribution in [2.24, 2.45) is 0 Å². The highest BCUT2D eigenvalue weighted by molar-refractivity contribution is 7.17. The Kier molecular flexibility index (Phi) is 9.17. The maximum atomic E-state index is 12.0. The van der Waals surface area contributed by atoms with E-state index in [0.29, 0.717) is 10.6 Å². The fraction of sp³-hybridized carbons (Fsp3) is 0.350. The molecule has 0 unspecified atom stereocenters. The Balaban J connectivity index is 3.41. The molecule has 0 bridgehead atoms. The smallest absolute Gasteiger partial charge is 0.347 e. The summed E-state index contributed by atoms with van der Waals surface area (Å²) in [5.41, 5.74) is 1.20. The van der Waals surface area contributed by atoms with Crippen LogP contribution in [-0.4, -0.2) is 36.2 Å². The quantitative estimate of drug-likeness (QED) is 0.208. The summed E-state index contributed by atoms with van der Waals surface area (Å²) in [4.78, 5) is 36.6. The number of carbonyl (C=O) groups is 3. The lowest BCUT2D eigenvalue weighted by atomic mass is 10.1. The van der Waals surface area contributed by atoms with Crippen LogP contribution < -0.4 is 5.32 Å². The molecule has 1 aromatic rings. The molecule has 0 aliphatic heterocycles. The van der Waals surface area contributed by atoms with E-state index >= 15 is 0 Å². The average molecular weight is 407 g/mol. The molecular formula is C20H25NO6S. The molecule has 1 rings (SSSR count). The van der Waals surface area contributed by atoms with Gasteiger partial charge in [-0.15, -0.1) is 11.3 Å². The molecule has 0 atom stereocenters. The number of aromatic carboxylic acids is 1. The Hall–Kier alpha value is -2.87. The highest BCUT2D eigenvalue weighted by Gasteiger charge is 2.24. The zero-order valence-electron chi connectivity index (χ0n) is 16.6. The number of hydrogen-bond donors (Lipinski definition) is 2. The highest BCUT2D eigenvalue weighted by atomic mass is 32.1. The predicted octanol–water partition coefficient (Wildman–Crippen LogP) is 4.16. The van der Waals surface area contributed by atoms with Gasteiger partial charge in [-0.25, -0.2) is 14.4 Å². The Labute approximate surface area is 168 Å². The fourth-order valence-corrected chi connectivity index (χ4v) is 3.61. The van der Waals surface area contributed by atoms with Gasteiger partial charge in [0, 0.05) is 11.1 Å². The molecule has 0 saturated heterocycles. The molecule has 0 fully saturated rings. The zero-order valence-corrected chi connectivity index (χ0v) is 17.4. The summed E-state index contributed by atoms with van der Waals surface area (Å²) in [5, 5.41) is 12.7. The Bertz CT molecular complexity index is 812. The third kappa shape index (κ3) is 5.56. The maximum Gasteiger partial charge on any atom is 0.347 e. The Morgan fingerprint density at radius 2 is 1.68 bits per heavy atom. The van der Waals surface area contributed by atoms with Gasteiger partial charge < -0.3 is 19.9 Å². The number of anilines is 1. The standard InChI is InChI=1S/C20H25NO6S/c1-6-10-13(7-2)16-12(5)15(18(22)23)17(28-16)21-11-14(19(24)26-8-3)20(25)27-9-4/h6-7,10-11,21H,8-9H2,1-5H3,(H,22,23)/b10-6-,13-7+. The number of carboxylic acid groups (broad SMARTS) is 1. The monoisotopic (exact) mass is 407 g/mol. The number of allylic oxidation sites excluding steroid dienone is 4. The van der Waals surface area contributed by atoms with Crippen molar-refractivity contribution in [1.29, 1.82) is 0 Å². The molecule has 0 spiro atoms. The van der Waals surface area contributed by atoms with E-state index in [1.165, 1.54) is 11.3 Å². The summed E-state index contributed by atoms with van der Waals surface area (Å²) in [5.74, 6) is -2.80. The van der Waals surface area contributed by atoms with Gasteiger partial charge in [-0.2, -0.15) is 0 Å². The van der Waals surface area contributed by atoms with E-state index in [2.05, 4.69) is 5.32 Å². The Morgan fingerprint density at radius 1 is 1.11 bits per heavy atom. The number of ether oxygens (including phenoxy) is 2. The van der Waals surface area contributed by atoms with Crippen molar-refractivity contribution in [3.05, 3.63) is 46.0 Å². The molecule has 2 N–H and O–H groups in total. The summed E-state index contributed by atoms with van der Waals surface area (Å²) >= 11 is 1.22. The molecule has 28 heavy (non-hydrogen) atoms. The lowest BCUT2D eigenvalue weighted by Crippen LogP contribution is -2.19. The van der Waals surface area contributed by atoms with E-state index in [-0.39, 0.29) is 24.4 Å².